The molecular formula is C16H14ClN3O2S. The van der Waals surface area contributed by atoms with E-state index in [0.29, 0.717) is 26.8 Å². The summed E-state index contributed by atoms with van der Waals surface area (Å²) in [5.74, 6) is 0.169. The van der Waals surface area contributed by atoms with Gasteiger partial charge in [-0.25, -0.2) is 4.98 Å². The van der Waals surface area contributed by atoms with Crippen LogP contribution in [0.15, 0.2) is 40.3 Å². The number of nitrogens with zero attached hydrogens (tertiary/aromatic N) is 2. The van der Waals surface area contributed by atoms with E-state index in [1.54, 1.807) is 31.3 Å². The lowest BCUT2D eigenvalue weighted by Crippen LogP contribution is -2.20. The minimum Gasteiger partial charge on any atom is -0.353 e. The molecule has 5 nitrogen and oxygen atoms in total. The number of ketones is 1. The maximum absolute atomic E-state index is 12.3. The summed E-state index contributed by atoms with van der Waals surface area (Å²) in [4.78, 5) is 32.0. The summed E-state index contributed by atoms with van der Waals surface area (Å²) in [5, 5.41) is 1.11. The topological polar surface area (TPSA) is 67.8 Å². The molecular weight excluding hydrogens is 334 g/mol. The molecule has 2 heterocycles. The van der Waals surface area contributed by atoms with Gasteiger partial charge in [-0.1, -0.05) is 23.4 Å². The highest BCUT2D eigenvalue weighted by atomic mass is 35.5. The van der Waals surface area contributed by atoms with Gasteiger partial charge in [0.25, 0.3) is 5.56 Å². The van der Waals surface area contributed by atoms with Crippen LogP contribution in [0.1, 0.15) is 16.1 Å². The highest BCUT2D eigenvalue weighted by molar-refractivity contribution is 7.99. The van der Waals surface area contributed by atoms with Gasteiger partial charge in [0.1, 0.15) is 5.52 Å². The molecule has 0 atom stereocenters. The Morgan fingerprint density at radius 1 is 1.35 bits per heavy atom. The number of halogens is 1. The molecule has 0 saturated carbocycles. The molecule has 0 aliphatic heterocycles. The van der Waals surface area contributed by atoms with Gasteiger partial charge in [-0.3, -0.25) is 14.2 Å². The quantitative estimate of drug-likeness (QED) is 0.447. The average molecular weight is 348 g/mol. The van der Waals surface area contributed by atoms with Crippen LogP contribution in [-0.4, -0.2) is 26.1 Å². The van der Waals surface area contributed by atoms with Crippen LogP contribution in [0.5, 0.6) is 0 Å². The molecule has 0 saturated heterocycles. The van der Waals surface area contributed by atoms with Crippen LogP contribution < -0.4 is 5.56 Å². The van der Waals surface area contributed by atoms with Gasteiger partial charge >= 0.3 is 0 Å². The summed E-state index contributed by atoms with van der Waals surface area (Å²) in [7, 11) is 1.65. The van der Waals surface area contributed by atoms with Gasteiger partial charge in [0.05, 0.1) is 11.3 Å². The predicted molar refractivity (Wildman–Crippen MR) is 92.6 cm³/mol. The van der Waals surface area contributed by atoms with Gasteiger partial charge in [-0.05, 0) is 37.3 Å². The van der Waals surface area contributed by atoms with Gasteiger partial charge in [0.2, 0.25) is 0 Å². The van der Waals surface area contributed by atoms with E-state index in [1.165, 1.54) is 16.3 Å². The number of aromatic nitrogens is 3. The Balaban J connectivity index is 1.84. The van der Waals surface area contributed by atoms with Crippen LogP contribution in [-0.2, 0) is 7.05 Å². The van der Waals surface area contributed by atoms with E-state index in [2.05, 4.69) is 9.97 Å². The van der Waals surface area contributed by atoms with Crippen molar-refractivity contribution in [1.29, 1.82) is 0 Å². The van der Waals surface area contributed by atoms with Gasteiger partial charge in [0.15, 0.2) is 10.9 Å². The van der Waals surface area contributed by atoms with E-state index in [4.69, 9.17) is 11.6 Å². The standard InChI is InChI=1S/C16H14ClN3O2S/c1-9-7-12-14(18-9)15(22)20(2)16(19-12)23-8-13(21)10-3-5-11(17)6-4-10/h3-7,18H,8H2,1-2H3. The molecule has 3 rings (SSSR count). The number of nitrogens with one attached hydrogen (secondary N) is 1. The zero-order valence-corrected chi connectivity index (χ0v) is 14.2. The van der Waals surface area contributed by atoms with Gasteiger partial charge in [-0.2, -0.15) is 0 Å². The van der Waals surface area contributed by atoms with Crippen molar-refractivity contribution >= 4 is 40.2 Å². The number of Topliss-reactive ketones (excluding diaryl/α,β-unsaturated/α-hetero) is 1. The zero-order valence-electron chi connectivity index (χ0n) is 12.6. The SMILES string of the molecule is Cc1cc2nc(SCC(=O)c3ccc(Cl)cc3)n(C)c(=O)c2[nH]1. The number of thioether (sulfide) groups is 1. The fourth-order valence-electron chi connectivity index (χ4n) is 2.24. The minimum absolute atomic E-state index is 0.0359. The third-order valence-corrected chi connectivity index (χ3v) is 4.73. The van der Waals surface area contributed by atoms with Crippen molar-refractivity contribution < 1.29 is 4.79 Å². The first kappa shape index (κ1) is 15.8. The van der Waals surface area contributed by atoms with E-state index in [0.717, 1.165) is 5.69 Å². The Bertz CT molecular complexity index is 944. The number of carbonyl (C=O) groups excluding carboxylic acids is 1. The van der Waals surface area contributed by atoms with E-state index < -0.39 is 0 Å². The number of hydrogen-bond donors (Lipinski definition) is 1. The van der Waals surface area contributed by atoms with Crippen LogP contribution in [0.4, 0.5) is 0 Å². The Hall–Kier alpha value is -2.05. The zero-order chi connectivity index (χ0) is 16.6. The van der Waals surface area contributed by atoms with Crippen LogP contribution >= 0.6 is 23.4 Å². The summed E-state index contributed by atoms with van der Waals surface area (Å²) in [5.41, 5.74) is 2.42. The number of rotatable bonds is 4. The smallest absolute Gasteiger partial charge is 0.278 e. The summed E-state index contributed by atoms with van der Waals surface area (Å²) in [6, 6.07) is 8.57. The Morgan fingerprint density at radius 2 is 2.04 bits per heavy atom. The lowest BCUT2D eigenvalue weighted by molar-refractivity contribution is 0.102. The minimum atomic E-state index is -0.149. The summed E-state index contributed by atoms with van der Waals surface area (Å²) < 4.78 is 1.46. The van der Waals surface area contributed by atoms with Crippen molar-refractivity contribution in [2.45, 2.75) is 12.1 Å². The molecule has 0 spiro atoms. The summed E-state index contributed by atoms with van der Waals surface area (Å²) in [6.45, 7) is 1.87. The van der Waals surface area contributed by atoms with Crippen molar-refractivity contribution in [2.75, 3.05) is 5.75 Å². The predicted octanol–water partition coefficient (Wildman–Crippen LogP) is 3.20. The van der Waals surface area contributed by atoms with Gasteiger partial charge in [0, 0.05) is 23.3 Å². The van der Waals surface area contributed by atoms with E-state index >= 15 is 0 Å². The Labute approximate surface area is 141 Å². The van der Waals surface area contributed by atoms with E-state index in [9.17, 15) is 9.59 Å². The van der Waals surface area contributed by atoms with Crippen LogP contribution in [0, 0.1) is 6.92 Å². The first-order valence-corrected chi connectivity index (χ1v) is 8.30. The molecule has 0 aliphatic rings. The molecule has 0 bridgehead atoms. The third kappa shape index (κ3) is 3.18. The molecule has 0 aliphatic carbocycles. The highest BCUT2D eigenvalue weighted by Gasteiger charge is 2.13. The van der Waals surface area contributed by atoms with Crippen molar-refractivity contribution in [3.63, 3.8) is 0 Å². The van der Waals surface area contributed by atoms with Crippen molar-refractivity contribution in [2.24, 2.45) is 7.05 Å². The maximum Gasteiger partial charge on any atom is 0.278 e. The monoisotopic (exact) mass is 347 g/mol. The van der Waals surface area contributed by atoms with Gasteiger partial charge in [-0.15, -0.1) is 0 Å². The number of benzene rings is 1. The molecule has 0 radical (unpaired) electrons. The van der Waals surface area contributed by atoms with Crippen molar-refractivity contribution in [3.05, 3.63) is 57.0 Å². The second-order valence-corrected chi connectivity index (χ2v) is 6.57. The lowest BCUT2D eigenvalue weighted by Gasteiger charge is -2.06. The maximum atomic E-state index is 12.3. The van der Waals surface area contributed by atoms with Gasteiger partial charge < -0.3 is 4.98 Å². The molecule has 1 N–H and O–H groups in total. The Kier molecular flexibility index (Phi) is 4.28. The second kappa shape index (κ2) is 6.22. The molecule has 0 amide bonds. The number of carbonyl (C=O) groups is 1. The number of aryl methyl sites for hydroxylation is 1. The first-order chi connectivity index (χ1) is 11.0. The summed E-state index contributed by atoms with van der Waals surface area (Å²) >= 11 is 7.07. The van der Waals surface area contributed by atoms with Crippen LogP contribution in [0.2, 0.25) is 5.02 Å². The molecule has 3 aromatic rings. The van der Waals surface area contributed by atoms with E-state index in [1.807, 2.05) is 13.0 Å². The van der Waals surface area contributed by atoms with Crippen molar-refractivity contribution in [1.82, 2.24) is 14.5 Å². The highest BCUT2D eigenvalue weighted by Crippen LogP contribution is 2.19. The van der Waals surface area contributed by atoms with E-state index in [-0.39, 0.29) is 17.1 Å². The first-order valence-electron chi connectivity index (χ1n) is 6.93. The number of fused-ring (bicyclic) bond motifs is 1. The molecule has 1 aromatic carbocycles. The lowest BCUT2D eigenvalue weighted by atomic mass is 10.1. The molecule has 23 heavy (non-hydrogen) atoms. The molecule has 2 aromatic heterocycles. The van der Waals surface area contributed by atoms with Crippen LogP contribution in [0.25, 0.3) is 11.0 Å². The Morgan fingerprint density at radius 3 is 2.74 bits per heavy atom. The van der Waals surface area contributed by atoms with Crippen molar-refractivity contribution in [3.8, 4) is 0 Å². The second-order valence-electron chi connectivity index (χ2n) is 5.19. The number of hydrogen-bond acceptors (Lipinski definition) is 4. The molecule has 0 unspecified atom stereocenters. The average Bonchev–Trinajstić information content (AvgIpc) is 2.90. The molecule has 0 fully saturated rings. The van der Waals surface area contributed by atoms with Crippen LogP contribution in [0.3, 0.4) is 0 Å². The number of H-pyrrole nitrogens is 1. The fraction of sp³-hybridized carbons (Fsp3) is 0.188. The molecule has 118 valence electrons. The molecule has 7 heteroatoms. The third-order valence-electron chi connectivity index (χ3n) is 3.45. The largest absolute Gasteiger partial charge is 0.353 e. The summed E-state index contributed by atoms with van der Waals surface area (Å²) in [6.07, 6.45) is 0. The normalized spacial score (nSPS) is 11.1. The number of aromatic amines is 1. The fourth-order valence-corrected chi connectivity index (χ4v) is 3.23.